The largest absolute Gasteiger partial charge is 0.490 e. The minimum atomic E-state index is -5.08. The van der Waals surface area contributed by atoms with Crippen molar-refractivity contribution in [1.82, 2.24) is 5.32 Å². The minimum Gasteiger partial charge on any atom is -0.475 e. The number of alkyl halides is 3. The third-order valence-corrected chi connectivity index (χ3v) is 3.03. The number of ether oxygens (including phenoxy) is 1. The maximum absolute atomic E-state index is 11.4. The monoisotopic (exact) mass is 393 g/mol. The van der Waals surface area contributed by atoms with Crippen LogP contribution in [0.1, 0.15) is 24.8 Å². The van der Waals surface area contributed by atoms with Crippen molar-refractivity contribution in [2.24, 2.45) is 11.5 Å². The number of carbonyl (C=O) groups excluding carboxylic acids is 2. The zero-order valence-electron chi connectivity index (χ0n) is 14.4. The predicted molar refractivity (Wildman–Crippen MR) is 89.3 cm³/mol. The standard InChI is InChI=1S/C14H21N3O3.C2HF3O2/c15-12(13(16)18)8-4-5-9-17-14(19)20-10-11-6-2-1-3-7-11;3-2(4,5)1(6)7/h1-3,6-7,12H,4-5,8-10,15H2,(H2,16,18)(H,17,19);(H,6,7). The number of nitrogens with one attached hydrogen (secondary N) is 1. The maximum atomic E-state index is 11.4. The number of halogens is 3. The number of hydrogen-bond acceptors (Lipinski definition) is 5. The van der Waals surface area contributed by atoms with E-state index in [1.807, 2.05) is 30.3 Å². The molecule has 0 heterocycles. The molecule has 0 fully saturated rings. The number of carboxylic acids is 1. The van der Waals surface area contributed by atoms with E-state index in [2.05, 4.69) is 5.32 Å². The van der Waals surface area contributed by atoms with Crippen LogP contribution >= 0.6 is 0 Å². The van der Waals surface area contributed by atoms with Gasteiger partial charge in [0.05, 0.1) is 6.04 Å². The number of alkyl carbamates (subject to hydrolysis) is 1. The Balaban J connectivity index is 0.000000821. The Labute approximate surface area is 153 Å². The molecule has 11 heteroatoms. The Bertz CT molecular complexity index is 597. The molecule has 152 valence electrons. The summed E-state index contributed by atoms with van der Waals surface area (Å²) in [5, 5.41) is 9.76. The number of rotatable bonds is 8. The summed E-state index contributed by atoms with van der Waals surface area (Å²) in [7, 11) is 0. The average Bonchev–Trinajstić information content (AvgIpc) is 2.60. The van der Waals surface area contributed by atoms with E-state index in [0.717, 1.165) is 18.4 Å². The van der Waals surface area contributed by atoms with Crippen LogP contribution in [0.5, 0.6) is 0 Å². The third-order valence-electron chi connectivity index (χ3n) is 3.03. The topological polar surface area (TPSA) is 145 Å². The van der Waals surface area contributed by atoms with E-state index < -0.39 is 30.2 Å². The van der Waals surface area contributed by atoms with E-state index in [-0.39, 0.29) is 6.61 Å². The van der Waals surface area contributed by atoms with Crippen LogP contribution in [-0.2, 0) is 20.9 Å². The average molecular weight is 393 g/mol. The van der Waals surface area contributed by atoms with Gasteiger partial charge in [0.1, 0.15) is 6.61 Å². The lowest BCUT2D eigenvalue weighted by molar-refractivity contribution is -0.192. The third kappa shape index (κ3) is 13.1. The van der Waals surface area contributed by atoms with E-state index in [1.165, 1.54) is 0 Å². The molecular weight excluding hydrogens is 371 g/mol. The number of nitrogens with two attached hydrogens (primary N) is 2. The van der Waals surface area contributed by atoms with Crippen LogP contribution in [0.2, 0.25) is 0 Å². The highest BCUT2D eigenvalue weighted by Gasteiger charge is 2.38. The summed E-state index contributed by atoms with van der Waals surface area (Å²) in [6.07, 6.45) is -3.56. The first-order valence-corrected chi connectivity index (χ1v) is 7.83. The van der Waals surface area contributed by atoms with Crippen LogP contribution in [0.4, 0.5) is 18.0 Å². The van der Waals surface area contributed by atoms with Gasteiger partial charge in [-0.05, 0) is 24.8 Å². The van der Waals surface area contributed by atoms with Gasteiger partial charge in [-0.3, -0.25) is 4.79 Å². The summed E-state index contributed by atoms with van der Waals surface area (Å²) in [4.78, 5) is 31.0. The molecule has 1 aromatic carbocycles. The molecule has 0 saturated carbocycles. The molecule has 0 aromatic heterocycles. The first-order chi connectivity index (χ1) is 12.5. The van der Waals surface area contributed by atoms with Gasteiger partial charge >= 0.3 is 18.2 Å². The second-order valence-electron chi connectivity index (χ2n) is 5.30. The van der Waals surface area contributed by atoms with E-state index in [1.54, 1.807) is 0 Å². The number of primary amides is 1. The summed E-state index contributed by atoms with van der Waals surface area (Å²) in [5.74, 6) is -3.26. The molecule has 2 amide bonds. The summed E-state index contributed by atoms with van der Waals surface area (Å²) < 4.78 is 36.8. The molecule has 1 aromatic rings. The molecule has 0 aliphatic heterocycles. The lowest BCUT2D eigenvalue weighted by atomic mass is 10.1. The SMILES string of the molecule is NC(=O)C(N)CCCCNC(=O)OCc1ccccc1.O=C(O)C(F)(F)F. The predicted octanol–water partition coefficient (Wildman–Crippen LogP) is 1.53. The van der Waals surface area contributed by atoms with Crippen molar-refractivity contribution >= 4 is 18.0 Å². The molecule has 0 spiro atoms. The summed E-state index contributed by atoms with van der Waals surface area (Å²) >= 11 is 0. The number of aliphatic carboxylic acids is 1. The van der Waals surface area contributed by atoms with Gasteiger partial charge in [0.15, 0.2) is 0 Å². The highest BCUT2D eigenvalue weighted by molar-refractivity contribution is 5.79. The second kappa shape index (κ2) is 12.5. The summed E-state index contributed by atoms with van der Waals surface area (Å²) in [6.45, 7) is 0.734. The van der Waals surface area contributed by atoms with Crippen molar-refractivity contribution < 1.29 is 37.4 Å². The van der Waals surface area contributed by atoms with Crippen LogP contribution in [0.15, 0.2) is 30.3 Å². The molecule has 6 N–H and O–H groups in total. The highest BCUT2D eigenvalue weighted by Crippen LogP contribution is 2.13. The van der Waals surface area contributed by atoms with Crippen LogP contribution in [0, 0.1) is 0 Å². The van der Waals surface area contributed by atoms with Gasteiger partial charge in [0.25, 0.3) is 0 Å². The molecule has 0 radical (unpaired) electrons. The zero-order chi connectivity index (χ0) is 20.9. The van der Waals surface area contributed by atoms with Gasteiger partial charge in [-0.2, -0.15) is 13.2 Å². The Hall–Kier alpha value is -2.82. The summed E-state index contributed by atoms with van der Waals surface area (Å²) in [5.41, 5.74) is 11.5. The van der Waals surface area contributed by atoms with Gasteiger partial charge in [-0.25, -0.2) is 9.59 Å². The van der Waals surface area contributed by atoms with Gasteiger partial charge in [0.2, 0.25) is 5.91 Å². The molecule has 1 rings (SSSR count). The van der Waals surface area contributed by atoms with Crippen molar-refractivity contribution in [2.75, 3.05) is 6.54 Å². The molecule has 27 heavy (non-hydrogen) atoms. The van der Waals surface area contributed by atoms with E-state index in [0.29, 0.717) is 13.0 Å². The van der Waals surface area contributed by atoms with Crippen molar-refractivity contribution in [3.63, 3.8) is 0 Å². The molecular formula is C16H22F3N3O5. The van der Waals surface area contributed by atoms with Gasteiger partial charge in [-0.15, -0.1) is 0 Å². The lowest BCUT2D eigenvalue weighted by Crippen LogP contribution is -2.36. The minimum absolute atomic E-state index is 0.249. The zero-order valence-corrected chi connectivity index (χ0v) is 14.4. The second-order valence-corrected chi connectivity index (χ2v) is 5.30. The van der Waals surface area contributed by atoms with Crippen molar-refractivity contribution in [3.8, 4) is 0 Å². The number of amides is 2. The van der Waals surface area contributed by atoms with Crippen molar-refractivity contribution in [1.29, 1.82) is 0 Å². The molecule has 0 aliphatic carbocycles. The fraction of sp³-hybridized carbons (Fsp3) is 0.438. The first-order valence-electron chi connectivity index (χ1n) is 7.83. The van der Waals surface area contributed by atoms with Gasteiger partial charge in [-0.1, -0.05) is 30.3 Å². The normalized spacial score (nSPS) is 11.6. The van der Waals surface area contributed by atoms with Crippen molar-refractivity contribution in [3.05, 3.63) is 35.9 Å². The smallest absolute Gasteiger partial charge is 0.475 e. The van der Waals surface area contributed by atoms with E-state index in [9.17, 15) is 22.8 Å². The fourth-order valence-corrected chi connectivity index (χ4v) is 1.60. The van der Waals surface area contributed by atoms with Crippen LogP contribution in [-0.4, -0.2) is 41.8 Å². The van der Waals surface area contributed by atoms with Gasteiger partial charge in [0, 0.05) is 6.54 Å². The quantitative estimate of drug-likeness (QED) is 0.493. The molecule has 0 aliphatic rings. The Morgan fingerprint density at radius 2 is 1.70 bits per heavy atom. The lowest BCUT2D eigenvalue weighted by Gasteiger charge is -2.08. The number of carboxylic acid groups (broad SMARTS) is 1. The number of benzene rings is 1. The van der Waals surface area contributed by atoms with Crippen LogP contribution in [0.3, 0.4) is 0 Å². The molecule has 1 atom stereocenters. The molecule has 0 bridgehead atoms. The number of unbranched alkanes of at least 4 members (excludes halogenated alkanes) is 1. The number of hydrogen-bond donors (Lipinski definition) is 4. The van der Waals surface area contributed by atoms with E-state index in [4.69, 9.17) is 26.1 Å². The maximum Gasteiger partial charge on any atom is 0.490 e. The van der Waals surface area contributed by atoms with Crippen molar-refractivity contribution in [2.45, 2.75) is 38.1 Å². The highest BCUT2D eigenvalue weighted by atomic mass is 19.4. The first kappa shape index (κ1) is 24.2. The molecule has 8 nitrogen and oxygen atoms in total. The van der Waals surface area contributed by atoms with E-state index >= 15 is 0 Å². The Morgan fingerprint density at radius 3 is 2.19 bits per heavy atom. The Morgan fingerprint density at radius 1 is 1.15 bits per heavy atom. The molecule has 1 unspecified atom stereocenters. The fourth-order valence-electron chi connectivity index (χ4n) is 1.60. The number of carbonyl (C=O) groups is 3. The molecule has 0 saturated heterocycles. The van der Waals surface area contributed by atoms with Crippen LogP contribution in [0.25, 0.3) is 0 Å². The Kier molecular flexibility index (Phi) is 11.2. The van der Waals surface area contributed by atoms with Crippen LogP contribution < -0.4 is 16.8 Å². The summed E-state index contributed by atoms with van der Waals surface area (Å²) in [6, 6.07) is 8.84. The van der Waals surface area contributed by atoms with Gasteiger partial charge < -0.3 is 26.6 Å².